The lowest BCUT2D eigenvalue weighted by atomic mass is 10.1. The van der Waals surface area contributed by atoms with E-state index >= 15 is 0 Å². The Morgan fingerprint density at radius 2 is 2.27 bits per heavy atom. The molecule has 11 heavy (non-hydrogen) atoms. The number of carbonyl (C=O) groups is 1. The average Bonchev–Trinajstić information content (AvgIpc) is 2.77. The van der Waals surface area contributed by atoms with Crippen LogP contribution < -0.4 is 5.32 Å². The van der Waals surface area contributed by atoms with E-state index in [2.05, 4.69) is 12.2 Å². The Balaban J connectivity index is 0.000000461. The van der Waals surface area contributed by atoms with Gasteiger partial charge in [-0.3, -0.25) is 0 Å². The number of hydrogen-bond acceptors (Lipinski definition) is 3. The maximum absolute atomic E-state index is 8.00. The van der Waals surface area contributed by atoms with E-state index in [1.165, 1.54) is 6.42 Å². The van der Waals surface area contributed by atoms with Gasteiger partial charge in [0.2, 0.25) is 0 Å². The van der Waals surface area contributed by atoms with E-state index in [4.69, 9.17) is 9.53 Å². The lowest BCUT2D eigenvalue weighted by Gasteiger charge is -2.06. The molecule has 1 fully saturated rings. The molecule has 2 atom stereocenters. The maximum Gasteiger partial charge on any atom is 0.106 e. The van der Waals surface area contributed by atoms with Crippen LogP contribution in [0.4, 0.5) is 0 Å². The Morgan fingerprint density at radius 3 is 2.64 bits per heavy atom. The van der Waals surface area contributed by atoms with Gasteiger partial charge in [-0.25, -0.2) is 0 Å². The molecule has 66 valence electrons. The topological polar surface area (TPSA) is 41.6 Å². The Bertz CT molecular complexity index is 94.1. The molecule has 0 aromatic carbocycles. The SMILES string of the molecule is C=O.CNCC(C)CC1CO1. The van der Waals surface area contributed by atoms with E-state index in [9.17, 15) is 0 Å². The van der Waals surface area contributed by atoms with Gasteiger partial charge in [-0.05, 0) is 25.9 Å². The summed E-state index contributed by atoms with van der Waals surface area (Å²) < 4.78 is 5.10. The van der Waals surface area contributed by atoms with E-state index in [0.717, 1.165) is 19.1 Å². The van der Waals surface area contributed by atoms with Crippen LogP contribution in [0.1, 0.15) is 13.3 Å². The summed E-state index contributed by atoms with van der Waals surface area (Å²) in [5, 5.41) is 3.15. The predicted molar refractivity (Wildman–Crippen MR) is 44.6 cm³/mol. The van der Waals surface area contributed by atoms with Gasteiger partial charge in [-0.2, -0.15) is 0 Å². The fourth-order valence-electron chi connectivity index (χ4n) is 1.08. The standard InChI is InChI=1S/C7H15NO.CH2O/c1-6(4-8-2)3-7-5-9-7;1-2/h6-8H,3-5H2,1-2H3;1H2. The molecule has 1 heterocycles. The lowest BCUT2D eigenvalue weighted by Crippen LogP contribution is -2.17. The molecule has 0 saturated carbocycles. The highest BCUT2D eigenvalue weighted by atomic mass is 16.6. The quantitative estimate of drug-likeness (QED) is 0.605. The van der Waals surface area contributed by atoms with Gasteiger partial charge in [0.1, 0.15) is 6.79 Å². The zero-order valence-electron chi connectivity index (χ0n) is 7.30. The van der Waals surface area contributed by atoms with Gasteiger partial charge in [0.25, 0.3) is 0 Å². The highest BCUT2D eigenvalue weighted by molar-refractivity contribution is 5.10. The smallest absolute Gasteiger partial charge is 0.106 e. The number of nitrogens with one attached hydrogen (secondary N) is 1. The molecule has 2 unspecified atom stereocenters. The van der Waals surface area contributed by atoms with Gasteiger partial charge < -0.3 is 14.8 Å². The third-order valence-corrected chi connectivity index (χ3v) is 1.62. The monoisotopic (exact) mass is 159 g/mol. The fourth-order valence-corrected chi connectivity index (χ4v) is 1.08. The van der Waals surface area contributed by atoms with E-state index in [0.29, 0.717) is 6.10 Å². The zero-order valence-corrected chi connectivity index (χ0v) is 7.30. The molecular weight excluding hydrogens is 142 g/mol. The number of hydrogen-bond donors (Lipinski definition) is 1. The van der Waals surface area contributed by atoms with Crippen LogP contribution in [0.25, 0.3) is 0 Å². The molecular formula is C8H17NO2. The second kappa shape index (κ2) is 6.31. The van der Waals surface area contributed by atoms with Gasteiger partial charge in [-0.1, -0.05) is 6.92 Å². The molecule has 0 spiro atoms. The van der Waals surface area contributed by atoms with Gasteiger partial charge in [-0.15, -0.1) is 0 Å². The van der Waals surface area contributed by atoms with Crippen molar-refractivity contribution in [2.75, 3.05) is 20.2 Å². The highest BCUT2D eigenvalue weighted by Gasteiger charge is 2.23. The van der Waals surface area contributed by atoms with Crippen molar-refractivity contribution >= 4 is 6.79 Å². The highest BCUT2D eigenvalue weighted by Crippen LogP contribution is 2.18. The van der Waals surface area contributed by atoms with Crippen LogP contribution in [-0.2, 0) is 9.53 Å². The Morgan fingerprint density at radius 1 is 1.73 bits per heavy atom. The Hall–Kier alpha value is -0.410. The van der Waals surface area contributed by atoms with E-state index in [-0.39, 0.29) is 0 Å². The number of ether oxygens (including phenoxy) is 1. The number of epoxide rings is 1. The zero-order chi connectivity index (χ0) is 8.69. The molecule has 0 aromatic rings. The van der Waals surface area contributed by atoms with Gasteiger partial charge >= 0.3 is 0 Å². The molecule has 3 nitrogen and oxygen atoms in total. The molecule has 0 amide bonds. The molecule has 1 rings (SSSR count). The van der Waals surface area contributed by atoms with Crippen molar-refractivity contribution in [2.24, 2.45) is 5.92 Å². The summed E-state index contributed by atoms with van der Waals surface area (Å²) in [4.78, 5) is 8.00. The summed E-state index contributed by atoms with van der Waals surface area (Å²) in [6.07, 6.45) is 1.81. The van der Waals surface area contributed by atoms with Gasteiger partial charge in [0, 0.05) is 0 Å². The van der Waals surface area contributed by atoms with Crippen LogP contribution in [0.2, 0.25) is 0 Å². The summed E-state index contributed by atoms with van der Waals surface area (Å²) in [7, 11) is 1.99. The third kappa shape index (κ3) is 6.01. The minimum atomic E-state index is 0.591. The van der Waals surface area contributed by atoms with E-state index in [1.54, 1.807) is 0 Å². The van der Waals surface area contributed by atoms with Gasteiger partial charge in [0.05, 0.1) is 12.7 Å². The summed E-state index contributed by atoms with van der Waals surface area (Å²) in [5.41, 5.74) is 0. The first-order valence-corrected chi connectivity index (χ1v) is 3.88. The van der Waals surface area contributed by atoms with Crippen LogP contribution in [0.15, 0.2) is 0 Å². The largest absolute Gasteiger partial charge is 0.373 e. The van der Waals surface area contributed by atoms with Crippen LogP contribution in [0, 0.1) is 5.92 Å². The molecule has 1 saturated heterocycles. The molecule has 0 radical (unpaired) electrons. The summed E-state index contributed by atoms with van der Waals surface area (Å²) in [5.74, 6) is 0.766. The second-order valence-electron chi connectivity index (χ2n) is 2.85. The van der Waals surface area contributed by atoms with Crippen LogP contribution in [-0.4, -0.2) is 33.1 Å². The normalized spacial score (nSPS) is 23.3. The minimum Gasteiger partial charge on any atom is -0.373 e. The summed E-state index contributed by atoms with van der Waals surface area (Å²) in [6.45, 7) is 6.35. The van der Waals surface area contributed by atoms with Crippen molar-refractivity contribution in [1.29, 1.82) is 0 Å². The number of rotatable bonds is 4. The number of carbonyl (C=O) groups excluding carboxylic acids is 1. The molecule has 3 heteroatoms. The average molecular weight is 159 g/mol. The van der Waals surface area contributed by atoms with E-state index in [1.807, 2.05) is 13.8 Å². The molecule has 1 aliphatic heterocycles. The van der Waals surface area contributed by atoms with Crippen molar-refractivity contribution in [2.45, 2.75) is 19.4 Å². The van der Waals surface area contributed by atoms with Crippen molar-refractivity contribution in [3.63, 3.8) is 0 Å². The van der Waals surface area contributed by atoms with Crippen LogP contribution >= 0.6 is 0 Å². The first-order chi connectivity index (χ1) is 5.33. The molecule has 0 aromatic heterocycles. The summed E-state index contributed by atoms with van der Waals surface area (Å²) >= 11 is 0. The Labute approximate surface area is 68.1 Å². The third-order valence-electron chi connectivity index (χ3n) is 1.62. The second-order valence-corrected chi connectivity index (χ2v) is 2.85. The molecule has 1 aliphatic rings. The van der Waals surface area contributed by atoms with Crippen LogP contribution in [0.3, 0.4) is 0 Å². The molecule has 1 N–H and O–H groups in total. The van der Waals surface area contributed by atoms with Crippen molar-refractivity contribution < 1.29 is 9.53 Å². The fraction of sp³-hybridized carbons (Fsp3) is 0.875. The lowest BCUT2D eigenvalue weighted by molar-refractivity contribution is -0.0979. The van der Waals surface area contributed by atoms with Crippen molar-refractivity contribution in [3.8, 4) is 0 Å². The first-order valence-electron chi connectivity index (χ1n) is 3.88. The minimum absolute atomic E-state index is 0.591. The first kappa shape index (κ1) is 10.6. The van der Waals surface area contributed by atoms with Crippen molar-refractivity contribution in [3.05, 3.63) is 0 Å². The molecule has 0 bridgehead atoms. The predicted octanol–water partition coefficient (Wildman–Crippen LogP) is 0.446. The maximum atomic E-state index is 8.00. The Kier molecular flexibility index (Phi) is 6.07. The molecule has 0 aliphatic carbocycles. The van der Waals surface area contributed by atoms with Crippen molar-refractivity contribution in [1.82, 2.24) is 5.32 Å². The van der Waals surface area contributed by atoms with E-state index < -0.39 is 0 Å². The van der Waals surface area contributed by atoms with Gasteiger partial charge in [0.15, 0.2) is 0 Å². The summed E-state index contributed by atoms with van der Waals surface area (Å²) in [6, 6.07) is 0. The van der Waals surface area contributed by atoms with Crippen LogP contribution in [0.5, 0.6) is 0 Å².